The van der Waals surface area contributed by atoms with Gasteiger partial charge in [-0.3, -0.25) is 4.98 Å². The molecule has 0 amide bonds. The van der Waals surface area contributed by atoms with Gasteiger partial charge in [-0.25, -0.2) is 0 Å². The van der Waals surface area contributed by atoms with E-state index >= 15 is 0 Å². The number of aromatic nitrogens is 1. The molecule has 17 heavy (non-hydrogen) atoms. The van der Waals surface area contributed by atoms with Crippen molar-refractivity contribution in [1.29, 1.82) is 0 Å². The van der Waals surface area contributed by atoms with Crippen LogP contribution in [0.1, 0.15) is 24.2 Å². The van der Waals surface area contributed by atoms with Crippen molar-refractivity contribution in [2.75, 3.05) is 6.54 Å². The smallest absolute Gasteiger partial charge is 0.0544 e. The third kappa shape index (κ3) is 2.42. The molecule has 0 aromatic carbocycles. The molecule has 1 saturated carbocycles. The van der Waals surface area contributed by atoms with Crippen molar-refractivity contribution < 1.29 is 0 Å². The molecule has 0 spiro atoms. The summed E-state index contributed by atoms with van der Waals surface area (Å²) in [5.74, 6) is 2.58. The van der Waals surface area contributed by atoms with Crippen molar-refractivity contribution in [2.45, 2.75) is 26.3 Å². The Hall–Kier alpha value is -1.15. The van der Waals surface area contributed by atoms with Crippen molar-refractivity contribution in [3.8, 4) is 0 Å². The molecule has 0 radical (unpaired) electrons. The average molecular weight is 228 g/mol. The van der Waals surface area contributed by atoms with Crippen LogP contribution in [0.15, 0.2) is 30.4 Å². The van der Waals surface area contributed by atoms with E-state index < -0.39 is 0 Å². The predicted octanol–water partition coefficient (Wildman–Crippen LogP) is 2.69. The van der Waals surface area contributed by atoms with E-state index in [1.807, 2.05) is 13.0 Å². The first-order chi connectivity index (χ1) is 8.31. The highest BCUT2D eigenvalue weighted by Gasteiger charge is 2.34. The molecule has 3 atom stereocenters. The van der Waals surface area contributed by atoms with Gasteiger partial charge in [-0.1, -0.05) is 18.2 Å². The molecule has 1 fully saturated rings. The zero-order valence-electron chi connectivity index (χ0n) is 10.4. The maximum Gasteiger partial charge on any atom is 0.0544 e. The van der Waals surface area contributed by atoms with Crippen LogP contribution in [-0.2, 0) is 6.54 Å². The van der Waals surface area contributed by atoms with E-state index in [1.165, 1.54) is 12.8 Å². The fourth-order valence-corrected chi connectivity index (χ4v) is 3.21. The summed E-state index contributed by atoms with van der Waals surface area (Å²) in [5, 5.41) is 3.56. The van der Waals surface area contributed by atoms with E-state index in [2.05, 4.69) is 34.6 Å². The lowest BCUT2D eigenvalue weighted by Crippen LogP contribution is -2.25. The minimum atomic E-state index is 0.845. The molecule has 2 nitrogen and oxygen atoms in total. The molecular weight excluding hydrogens is 208 g/mol. The van der Waals surface area contributed by atoms with Crippen LogP contribution in [0.25, 0.3) is 0 Å². The van der Waals surface area contributed by atoms with Gasteiger partial charge in [-0.2, -0.15) is 0 Å². The Morgan fingerprint density at radius 3 is 2.94 bits per heavy atom. The SMILES string of the molecule is Cc1cccc(CNCC2CC3C=CC2C3)n1. The second kappa shape index (κ2) is 4.61. The second-order valence-electron chi connectivity index (χ2n) is 5.44. The van der Waals surface area contributed by atoms with Gasteiger partial charge in [-0.05, 0) is 56.2 Å². The lowest BCUT2D eigenvalue weighted by atomic mass is 9.94. The first-order valence-corrected chi connectivity index (χ1v) is 6.63. The van der Waals surface area contributed by atoms with Crippen LogP contribution in [0, 0.1) is 24.7 Å². The Morgan fingerprint density at radius 2 is 2.24 bits per heavy atom. The Balaban J connectivity index is 1.48. The first kappa shape index (κ1) is 11.0. The Labute approximate surface area is 103 Å². The standard InChI is InChI=1S/C15H20N2/c1-11-3-2-4-15(17-11)10-16-9-14-8-12-5-6-13(14)7-12/h2-6,12-14,16H,7-10H2,1H3. The largest absolute Gasteiger partial charge is 0.311 e. The summed E-state index contributed by atoms with van der Waals surface area (Å²) in [6.07, 6.45) is 7.61. The summed E-state index contributed by atoms with van der Waals surface area (Å²) in [6, 6.07) is 6.23. The normalized spacial score (nSPS) is 30.1. The Bertz CT molecular complexity index is 425. The van der Waals surface area contributed by atoms with Crippen molar-refractivity contribution in [1.82, 2.24) is 10.3 Å². The summed E-state index contributed by atoms with van der Waals surface area (Å²) >= 11 is 0. The van der Waals surface area contributed by atoms with Gasteiger partial charge >= 0.3 is 0 Å². The molecule has 0 aliphatic heterocycles. The quantitative estimate of drug-likeness (QED) is 0.801. The van der Waals surface area contributed by atoms with Gasteiger partial charge < -0.3 is 5.32 Å². The van der Waals surface area contributed by atoms with Crippen LogP contribution in [0.2, 0.25) is 0 Å². The highest BCUT2D eigenvalue weighted by atomic mass is 14.9. The van der Waals surface area contributed by atoms with E-state index in [4.69, 9.17) is 0 Å². The molecule has 2 heteroatoms. The topological polar surface area (TPSA) is 24.9 Å². The summed E-state index contributed by atoms with van der Waals surface area (Å²) in [6.45, 7) is 4.09. The van der Waals surface area contributed by atoms with Gasteiger partial charge in [-0.15, -0.1) is 0 Å². The number of nitrogens with one attached hydrogen (secondary N) is 1. The van der Waals surface area contributed by atoms with Gasteiger partial charge in [0.05, 0.1) is 5.69 Å². The summed E-state index contributed by atoms with van der Waals surface area (Å²) in [4.78, 5) is 4.51. The molecule has 1 N–H and O–H groups in total. The molecule has 90 valence electrons. The molecular formula is C15H20N2. The maximum atomic E-state index is 4.51. The monoisotopic (exact) mass is 228 g/mol. The summed E-state index contributed by atoms with van der Waals surface area (Å²) in [7, 11) is 0. The molecule has 0 saturated heterocycles. The van der Waals surface area contributed by atoms with Gasteiger partial charge in [0.25, 0.3) is 0 Å². The molecule has 1 heterocycles. The lowest BCUT2D eigenvalue weighted by Gasteiger charge is -2.18. The van der Waals surface area contributed by atoms with E-state index in [1.54, 1.807) is 0 Å². The van der Waals surface area contributed by atoms with Crippen LogP contribution in [0.3, 0.4) is 0 Å². The first-order valence-electron chi connectivity index (χ1n) is 6.63. The fourth-order valence-electron chi connectivity index (χ4n) is 3.21. The number of nitrogens with zero attached hydrogens (tertiary/aromatic N) is 1. The number of hydrogen-bond donors (Lipinski definition) is 1. The van der Waals surface area contributed by atoms with Gasteiger partial charge in [0.1, 0.15) is 0 Å². The minimum Gasteiger partial charge on any atom is -0.311 e. The Kier molecular flexibility index (Phi) is 2.98. The minimum absolute atomic E-state index is 0.845. The Morgan fingerprint density at radius 1 is 1.29 bits per heavy atom. The molecule has 1 aromatic rings. The van der Waals surface area contributed by atoms with Crippen molar-refractivity contribution in [2.24, 2.45) is 17.8 Å². The maximum absolute atomic E-state index is 4.51. The van der Waals surface area contributed by atoms with Crippen LogP contribution >= 0.6 is 0 Å². The lowest BCUT2D eigenvalue weighted by molar-refractivity contribution is 0.413. The van der Waals surface area contributed by atoms with Gasteiger partial charge in [0, 0.05) is 12.2 Å². The number of fused-ring (bicyclic) bond motifs is 2. The van der Waals surface area contributed by atoms with E-state index in [0.29, 0.717) is 0 Å². The zero-order valence-corrected chi connectivity index (χ0v) is 10.4. The molecule has 3 unspecified atom stereocenters. The van der Waals surface area contributed by atoms with Gasteiger partial charge in [0.2, 0.25) is 0 Å². The highest BCUT2D eigenvalue weighted by Crippen LogP contribution is 2.42. The fraction of sp³-hybridized carbons (Fsp3) is 0.533. The molecule has 2 aliphatic rings. The zero-order chi connectivity index (χ0) is 11.7. The predicted molar refractivity (Wildman–Crippen MR) is 69.5 cm³/mol. The van der Waals surface area contributed by atoms with E-state index in [0.717, 1.165) is 42.2 Å². The summed E-state index contributed by atoms with van der Waals surface area (Å²) < 4.78 is 0. The van der Waals surface area contributed by atoms with Crippen LogP contribution < -0.4 is 5.32 Å². The molecule has 3 rings (SSSR count). The van der Waals surface area contributed by atoms with Crippen LogP contribution in [-0.4, -0.2) is 11.5 Å². The van der Waals surface area contributed by atoms with E-state index in [-0.39, 0.29) is 0 Å². The number of rotatable bonds is 4. The van der Waals surface area contributed by atoms with E-state index in [9.17, 15) is 0 Å². The highest BCUT2D eigenvalue weighted by molar-refractivity contribution is 5.11. The molecule has 1 aromatic heterocycles. The number of aryl methyl sites for hydroxylation is 1. The van der Waals surface area contributed by atoms with Gasteiger partial charge in [0.15, 0.2) is 0 Å². The molecule has 2 aliphatic carbocycles. The second-order valence-corrected chi connectivity index (χ2v) is 5.44. The third-order valence-electron chi connectivity index (χ3n) is 4.08. The van der Waals surface area contributed by atoms with Crippen LogP contribution in [0.5, 0.6) is 0 Å². The van der Waals surface area contributed by atoms with Crippen LogP contribution in [0.4, 0.5) is 0 Å². The molecule has 2 bridgehead atoms. The average Bonchev–Trinajstić information content (AvgIpc) is 2.91. The number of allylic oxidation sites excluding steroid dienone is 2. The van der Waals surface area contributed by atoms with Crippen molar-refractivity contribution >= 4 is 0 Å². The number of pyridine rings is 1. The third-order valence-corrected chi connectivity index (χ3v) is 4.08. The van der Waals surface area contributed by atoms with Crippen molar-refractivity contribution in [3.05, 3.63) is 41.7 Å². The number of hydrogen-bond acceptors (Lipinski definition) is 2. The van der Waals surface area contributed by atoms with Crippen molar-refractivity contribution in [3.63, 3.8) is 0 Å². The summed E-state index contributed by atoms with van der Waals surface area (Å²) in [5.41, 5.74) is 2.26.